The van der Waals surface area contributed by atoms with Crippen molar-refractivity contribution in [3.63, 3.8) is 0 Å². The van der Waals surface area contributed by atoms with E-state index in [2.05, 4.69) is 26.0 Å². The Bertz CT molecular complexity index is 867. The molecular formula is C15H14BrN3O5S. The molecule has 0 aromatic heterocycles. The lowest BCUT2D eigenvalue weighted by molar-refractivity contribution is -0.384. The zero-order valence-corrected chi connectivity index (χ0v) is 15.2. The molecule has 25 heavy (non-hydrogen) atoms. The molecule has 0 atom stereocenters. The van der Waals surface area contributed by atoms with Crippen molar-refractivity contribution in [2.45, 2.75) is 11.3 Å². The van der Waals surface area contributed by atoms with Gasteiger partial charge in [-0.1, -0.05) is 15.9 Å². The first-order valence-corrected chi connectivity index (χ1v) is 9.35. The molecule has 8 nitrogen and oxygen atoms in total. The van der Waals surface area contributed by atoms with E-state index in [1.807, 2.05) is 0 Å². The first kappa shape index (κ1) is 19.0. The Morgan fingerprint density at radius 3 is 2.24 bits per heavy atom. The summed E-state index contributed by atoms with van der Waals surface area (Å²) in [6, 6.07) is 11.5. The van der Waals surface area contributed by atoms with Gasteiger partial charge in [0.2, 0.25) is 15.9 Å². The largest absolute Gasteiger partial charge is 0.326 e. The molecule has 0 saturated carbocycles. The van der Waals surface area contributed by atoms with Crippen LogP contribution in [0, 0.1) is 10.1 Å². The number of nitrogens with one attached hydrogen (secondary N) is 2. The molecular weight excluding hydrogens is 414 g/mol. The predicted octanol–water partition coefficient (Wildman–Crippen LogP) is 2.66. The Hall–Kier alpha value is -2.30. The molecule has 0 fully saturated rings. The second-order valence-corrected chi connectivity index (χ2v) is 7.64. The van der Waals surface area contributed by atoms with Gasteiger partial charge >= 0.3 is 0 Å². The van der Waals surface area contributed by atoms with Crippen molar-refractivity contribution in [1.29, 1.82) is 0 Å². The van der Waals surface area contributed by atoms with Crippen molar-refractivity contribution < 1.29 is 18.1 Å². The number of benzene rings is 2. The van der Waals surface area contributed by atoms with Crippen molar-refractivity contribution >= 4 is 43.2 Å². The number of non-ortho nitro benzene ring substituents is 1. The minimum Gasteiger partial charge on any atom is -0.326 e. The van der Waals surface area contributed by atoms with E-state index in [-0.39, 0.29) is 29.5 Å². The Kier molecular flexibility index (Phi) is 6.23. The molecule has 2 rings (SSSR count). The van der Waals surface area contributed by atoms with Gasteiger partial charge in [0.25, 0.3) is 5.69 Å². The quantitative estimate of drug-likeness (QED) is 0.519. The van der Waals surface area contributed by atoms with Gasteiger partial charge in [0, 0.05) is 35.3 Å². The fourth-order valence-corrected chi connectivity index (χ4v) is 3.18. The van der Waals surface area contributed by atoms with Gasteiger partial charge in [-0.3, -0.25) is 14.9 Å². The van der Waals surface area contributed by atoms with Crippen molar-refractivity contribution in [2.24, 2.45) is 0 Å². The molecule has 2 aromatic rings. The molecule has 2 aromatic carbocycles. The van der Waals surface area contributed by atoms with E-state index in [1.54, 1.807) is 24.3 Å². The van der Waals surface area contributed by atoms with Crippen molar-refractivity contribution in [1.82, 2.24) is 4.72 Å². The van der Waals surface area contributed by atoms with Gasteiger partial charge in [-0.2, -0.15) is 0 Å². The molecule has 10 heteroatoms. The van der Waals surface area contributed by atoms with Gasteiger partial charge in [0.05, 0.1) is 9.82 Å². The van der Waals surface area contributed by atoms with Crippen molar-refractivity contribution in [3.05, 3.63) is 63.1 Å². The Morgan fingerprint density at radius 2 is 1.68 bits per heavy atom. The predicted molar refractivity (Wildman–Crippen MR) is 95.7 cm³/mol. The lowest BCUT2D eigenvalue weighted by Crippen LogP contribution is -2.27. The molecule has 0 spiro atoms. The van der Waals surface area contributed by atoms with E-state index in [0.29, 0.717) is 5.69 Å². The van der Waals surface area contributed by atoms with E-state index in [4.69, 9.17) is 0 Å². The van der Waals surface area contributed by atoms with Crippen LogP contribution >= 0.6 is 15.9 Å². The van der Waals surface area contributed by atoms with E-state index < -0.39 is 14.9 Å². The summed E-state index contributed by atoms with van der Waals surface area (Å²) in [5.74, 6) is -0.339. The summed E-state index contributed by atoms with van der Waals surface area (Å²) < 4.78 is 27.3. The van der Waals surface area contributed by atoms with Crippen LogP contribution in [0.3, 0.4) is 0 Å². The molecule has 2 N–H and O–H groups in total. The second-order valence-electron chi connectivity index (χ2n) is 4.95. The van der Waals surface area contributed by atoms with Gasteiger partial charge < -0.3 is 5.32 Å². The molecule has 0 saturated heterocycles. The molecule has 1 amide bonds. The van der Waals surface area contributed by atoms with Crippen LogP contribution in [0.15, 0.2) is 57.9 Å². The van der Waals surface area contributed by atoms with Gasteiger partial charge in [-0.15, -0.1) is 0 Å². The van der Waals surface area contributed by atoms with Gasteiger partial charge in [-0.25, -0.2) is 13.1 Å². The molecule has 0 aliphatic heterocycles. The Morgan fingerprint density at radius 1 is 1.08 bits per heavy atom. The number of amides is 1. The Labute approximate surface area is 152 Å². The summed E-state index contributed by atoms with van der Waals surface area (Å²) in [7, 11) is -3.84. The van der Waals surface area contributed by atoms with Crippen LogP contribution in [0.25, 0.3) is 0 Å². The Balaban J connectivity index is 1.88. The topological polar surface area (TPSA) is 118 Å². The molecule has 0 radical (unpaired) electrons. The number of halogens is 1. The standard InChI is InChI=1S/C15H14BrN3O5S/c16-11-1-3-12(4-2-11)18-15(20)9-10-17-25(23,24)14-7-5-13(6-8-14)19(21)22/h1-8,17H,9-10H2,(H,18,20). The molecule has 0 aliphatic carbocycles. The molecule has 0 heterocycles. The van der Waals surface area contributed by atoms with Gasteiger partial charge in [0.1, 0.15) is 0 Å². The summed E-state index contributed by atoms with van der Waals surface area (Å²) in [5.41, 5.74) is 0.402. The summed E-state index contributed by atoms with van der Waals surface area (Å²) in [4.78, 5) is 21.7. The minimum atomic E-state index is -3.84. The first-order chi connectivity index (χ1) is 11.8. The number of carbonyl (C=O) groups excluding carboxylic acids is 1. The summed E-state index contributed by atoms with van der Waals surface area (Å²) in [5, 5.41) is 13.2. The number of hydrogen-bond donors (Lipinski definition) is 2. The highest BCUT2D eigenvalue weighted by atomic mass is 79.9. The van der Waals surface area contributed by atoms with Gasteiger partial charge in [-0.05, 0) is 36.4 Å². The highest BCUT2D eigenvalue weighted by Gasteiger charge is 2.16. The van der Waals surface area contributed by atoms with E-state index >= 15 is 0 Å². The lowest BCUT2D eigenvalue weighted by atomic mass is 10.3. The number of nitro groups is 1. The summed E-state index contributed by atoms with van der Waals surface area (Å²) in [6.45, 7) is -0.0956. The lowest BCUT2D eigenvalue weighted by Gasteiger charge is -2.08. The maximum atomic E-state index is 12.1. The monoisotopic (exact) mass is 427 g/mol. The van der Waals surface area contributed by atoms with Gasteiger partial charge in [0.15, 0.2) is 0 Å². The number of rotatable bonds is 7. The van der Waals surface area contributed by atoms with Crippen molar-refractivity contribution in [3.8, 4) is 0 Å². The number of anilines is 1. The number of hydrogen-bond acceptors (Lipinski definition) is 5. The van der Waals surface area contributed by atoms with Crippen LogP contribution in [0.5, 0.6) is 0 Å². The SMILES string of the molecule is O=C(CCNS(=O)(=O)c1ccc([N+](=O)[O-])cc1)Nc1ccc(Br)cc1. The maximum Gasteiger partial charge on any atom is 0.269 e. The minimum absolute atomic E-state index is 0.0533. The number of carbonyl (C=O) groups is 1. The van der Waals surface area contributed by atoms with E-state index in [1.165, 1.54) is 0 Å². The smallest absolute Gasteiger partial charge is 0.269 e. The van der Waals surface area contributed by atoms with Crippen LogP contribution in [0.1, 0.15) is 6.42 Å². The normalized spacial score (nSPS) is 11.1. The third-order valence-corrected chi connectivity index (χ3v) is 5.14. The van der Waals surface area contributed by atoms with Crippen LogP contribution in [-0.2, 0) is 14.8 Å². The third kappa shape index (κ3) is 5.62. The highest BCUT2D eigenvalue weighted by molar-refractivity contribution is 9.10. The number of nitro benzene ring substituents is 1. The zero-order chi connectivity index (χ0) is 18.4. The first-order valence-electron chi connectivity index (χ1n) is 7.07. The van der Waals surface area contributed by atoms with Crippen LogP contribution < -0.4 is 10.0 Å². The highest BCUT2D eigenvalue weighted by Crippen LogP contribution is 2.16. The van der Waals surface area contributed by atoms with Crippen LogP contribution in [0.4, 0.5) is 11.4 Å². The zero-order valence-electron chi connectivity index (χ0n) is 12.8. The summed E-state index contributed by atoms with van der Waals surface area (Å²) in [6.07, 6.45) is -0.0533. The number of sulfonamides is 1. The maximum absolute atomic E-state index is 12.1. The van der Waals surface area contributed by atoms with Crippen LogP contribution in [0.2, 0.25) is 0 Å². The van der Waals surface area contributed by atoms with E-state index in [9.17, 15) is 23.3 Å². The second kappa shape index (κ2) is 8.19. The average Bonchev–Trinajstić information content (AvgIpc) is 2.57. The number of nitrogens with zero attached hydrogens (tertiary/aromatic N) is 1. The van der Waals surface area contributed by atoms with E-state index in [0.717, 1.165) is 28.7 Å². The van der Waals surface area contributed by atoms with Crippen LogP contribution in [-0.4, -0.2) is 25.8 Å². The molecule has 0 bridgehead atoms. The average molecular weight is 428 g/mol. The molecule has 132 valence electrons. The third-order valence-electron chi connectivity index (χ3n) is 3.13. The fraction of sp³-hybridized carbons (Fsp3) is 0.133. The van der Waals surface area contributed by atoms with Crippen molar-refractivity contribution in [2.75, 3.05) is 11.9 Å². The molecule has 0 aliphatic rings. The molecule has 0 unspecified atom stereocenters. The fourth-order valence-electron chi connectivity index (χ4n) is 1.89. The summed E-state index contributed by atoms with van der Waals surface area (Å²) >= 11 is 3.28.